The second kappa shape index (κ2) is 10.9. The Hall–Kier alpha value is -2.77. The molecule has 1 aliphatic carbocycles. The number of methoxy groups -OCH3 is 1. The average Bonchev–Trinajstić information content (AvgIpc) is 3.63. The van der Waals surface area contributed by atoms with Crippen molar-refractivity contribution >= 4 is 11.5 Å². The average molecular weight is 480 g/mol. The van der Waals surface area contributed by atoms with Crippen molar-refractivity contribution in [1.82, 2.24) is 9.80 Å². The van der Waals surface area contributed by atoms with E-state index in [9.17, 15) is 4.79 Å². The Morgan fingerprint density at radius 3 is 2.00 bits per heavy atom. The van der Waals surface area contributed by atoms with Gasteiger partial charge in [0.05, 0.1) is 31.6 Å². The molecule has 0 atom stereocenters. The number of nitrogen functional groups attached to an aromatic ring is 1. The second-order valence-electron chi connectivity index (χ2n) is 9.75. The van der Waals surface area contributed by atoms with Crippen molar-refractivity contribution in [3.8, 4) is 28.4 Å². The highest BCUT2D eigenvalue weighted by Crippen LogP contribution is 2.51. The molecule has 0 radical (unpaired) electrons. The zero-order valence-electron chi connectivity index (χ0n) is 20.8. The molecule has 2 fully saturated rings. The monoisotopic (exact) mass is 479 g/mol. The van der Waals surface area contributed by atoms with Gasteiger partial charge in [0.15, 0.2) is 5.78 Å². The van der Waals surface area contributed by atoms with E-state index in [1.165, 1.54) is 51.9 Å². The molecule has 5 rings (SSSR count). The highest BCUT2D eigenvalue weighted by Gasteiger charge is 2.36. The van der Waals surface area contributed by atoms with Crippen LogP contribution in [0.2, 0.25) is 0 Å². The molecule has 2 aromatic carbocycles. The van der Waals surface area contributed by atoms with Crippen molar-refractivity contribution in [2.45, 2.75) is 38.5 Å². The molecule has 0 unspecified atom stereocenters. The maximum atomic E-state index is 13.4. The molecular formula is C28H37N3O4. The number of nitrogens with zero attached hydrogens (tertiary/aromatic N) is 2. The Labute approximate surface area is 208 Å². The first-order chi connectivity index (χ1) is 17.2. The number of ether oxygens (including phenoxy) is 3. The molecule has 0 saturated carbocycles. The largest absolute Gasteiger partial charge is 0.496 e. The molecule has 0 bridgehead atoms. The molecular weight excluding hydrogens is 442 g/mol. The lowest BCUT2D eigenvalue weighted by molar-refractivity contribution is 0.104. The number of carbonyl (C=O) groups excluding carboxylic acids is 1. The molecule has 0 spiro atoms. The molecule has 0 aromatic heterocycles. The fourth-order valence-corrected chi connectivity index (χ4v) is 5.60. The minimum absolute atomic E-state index is 0.101. The maximum Gasteiger partial charge on any atom is 0.196 e. The van der Waals surface area contributed by atoms with Gasteiger partial charge in [-0.2, -0.15) is 0 Å². The van der Waals surface area contributed by atoms with Crippen LogP contribution in [0.15, 0.2) is 24.3 Å². The first-order valence-electron chi connectivity index (χ1n) is 13.1. The number of nitrogens with two attached hydrogens (primary N) is 1. The molecule has 188 valence electrons. The fraction of sp³-hybridized carbons (Fsp3) is 0.536. The van der Waals surface area contributed by atoms with Gasteiger partial charge in [0.25, 0.3) is 0 Å². The van der Waals surface area contributed by atoms with E-state index >= 15 is 0 Å². The summed E-state index contributed by atoms with van der Waals surface area (Å²) in [7, 11) is 1.62. The SMILES string of the molecule is COc1cc(OCCCN2CCCC2)c(N)c2c1-c1c(OCCCN3CCCC3)cccc1C2=O. The van der Waals surface area contributed by atoms with Crippen LogP contribution in [-0.4, -0.2) is 75.2 Å². The number of rotatable bonds is 11. The normalized spacial score (nSPS) is 17.6. The molecule has 7 heteroatoms. The summed E-state index contributed by atoms with van der Waals surface area (Å²) in [5, 5.41) is 0. The van der Waals surface area contributed by atoms with E-state index in [0.717, 1.165) is 31.5 Å². The number of ketones is 1. The molecule has 3 aliphatic rings. The third kappa shape index (κ3) is 4.98. The molecule has 7 nitrogen and oxygen atoms in total. The number of fused-ring (bicyclic) bond motifs is 3. The second-order valence-corrected chi connectivity index (χ2v) is 9.75. The number of likely N-dealkylation sites (tertiary alicyclic amines) is 2. The highest BCUT2D eigenvalue weighted by molar-refractivity contribution is 6.26. The lowest BCUT2D eigenvalue weighted by atomic mass is 10.0. The number of carbonyl (C=O) groups is 1. The summed E-state index contributed by atoms with van der Waals surface area (Å²) in [6.45, 7) is 7.92. The Bertz CT molecular complexity index is 1060. The third-order valence-corrected chi connectivity index (χ3v) is 7.41. The quantitative estimate of drug-likeness (QED) is 0.326. The predicted molar refractivity (Wildman–Crippen MR) is 138 cm³/mol. The Morgan fingerprint density at radius 1 is 0.800 bits per heavy atom. The van der Waals surface area contributed by atoms with Gasteiger partial charge in [-0.05, 0) is 70.8 Å². The lowest BCUT2D eigenvalue weighted by Crippen LogP contribution is -2.22. The van der Waals surface area contributed by atoms with Crippen molar-refractivity contribution in [2.75, 3.05) is 65.3 Å². The molecule has 2 saturated heterocycles. The van der Waals surface area contributed by atoms with Gasteiger partial charge in [0, 0.05) is 35.8 Å². The number of hydrogen-bond acceptors (Lipinski definition) is 7. The van der Waals surface area contributed by atoms with E-state index in [1.54, 1.807) is 7.11 Å². The van der Waals surface area contributed by atoms with Gasteiger partial charge >= 0.3 is 0 Å². The third-order valence-electron chi connectivity index (χ3n) is 7.41. The molecule has 2 N–H and O–H groups in total. The van der Waals surface area contributed by atoms with E-state index < -0.39 is 0 Å². The lowest BCUT2D eigenvalue weighted by Gasteiger charge is -2.18. The standard InChI is InChI=1S/C28H37N3O4/c1-33-22-19-23(35-18-8-16-31-13-4-5-14-31)27(29)26-25(22)24-20(28(26)32)9-6-10-21(24)34-17-7-15-30-11-2-3-12-30/h6,9-10,19H,2-5,7-8,11-18,29H2,1H3. The summed E-state index contributed by atoms with van der Waals surface area (Å²) >= 11 is 0. The molecule has 2 aromatic rings. The van der Waals surface area contributed by atoms with E-state index in [0.29, 0.717) is 52.8 Å². The molecule has 0 amide bonds. The zero-order chi connectivity index (χ0) is 24.2. The highest BCUT2D eigenvalue weighted by atomic mass is 16.5. The van der Waals surface area contributed by atoms with Crippen molar-refractivity contribution < 1.29 is 19.0 Å². The molecule has 2 heterocycles. The van der Waals surface area contributed by atoms with Gasteiger partial charge in [-0.25, -0.2) is 0 Å². The van der Waals surface area contributed by atoms with Crippen LogP contribution < -0.4 is 19.9 Å². The summed E-state index contributed by atoms with van der Waals surface area (Å²) in [5.41, 5.74) is 9.45. The maximum absolute atomic E-state index is 13.4. The summed E-state index contributed by atoms with van der Waals surface area (Å²) in [4.78, 5) is 18.4. The van der Waals surface area contributed by atoms with Gasteiger partial charge in [0.2, 0.25) is 0 Å². The van der Waals surface area contributed by atoms with Crippen LogP contribution >= 0.6 is 0 Å². The topological polar surface area (TPSA) is 77.3 Å². The van der Waals surface area contributed by atoms with Crippen LogP contribution in [0.3, 0.4) is 0 Å². The minimum atomic E-state index is -0.101. The van der Waals surface area contributed by atoms with Gasteiger partial charge in [-0.15, -0.1) is 0 Å². The van der Waals surface area contributed by atoms with Crippen LogP contribution in [0.4, 0.5) is 5.69 Å². The van der Waals surface area contributed by atoms with Crippen molar-refractivity contribution in [2.24, 2.45) is 0 Å². The van der Waals surface area contributed by atoms with Crippen LogP contribution in [0, 0.1) is 0 Å². The van der Waals surface area contributed by atoms with Gasteiger partial charge < -0.3 is 29.7 Å². The van der Waals surface area contributed by atoms with E-state index in [-0.39, 0.29) is 5.78 Å². The number of anilines is 1. The molecule has 35 heavy (non-hydrogen) atoms. The van der Waals surface area contributed by atoms with Crippen molar-refractivity contribution in [3.05, 3.63) is 35.4 Å². The van der Waals surface area contributed by atoms with Crippen molar-refractivity contribution in [1.29, 1.82) is 0 Å². The Kier molecular flexibility index (Phi) is 7.44. The van der Waals surface area contributed by atoms with E-state index in [2.05, 4.69) is 9.80 Å². The fourth-order valence-electron chi connectivity index (χ4n) is 5.60. The summed E-state index contributed by atoms with van der Waals surface area (Å²) < 4.78 is 18.0. The first kappa shape index (κ1) is 23.9. The summed E-state index contributed by atoms with van der Waals surface area (Å²) in [6.07, 6.45) is 7.01. The van der Waals surface area contributed by atoms with Crippen LogP contribution in [0.1, 0.15) is 54.4 Å². The minimum Gasteiger partial charge on any atom is -0.496 e. The number of benzene rings is 2. The van der Waals surface area contributed by atoms with Crippen molar-refractivity contribution in [3.63, 3.8) is 0 Å². The van der Waals surface area contributed by atoms with Gasteiger partial charge in [-0.1, -0.05) is 12.1 Å². The first-order valence-corrected chi connectivity index (χ1v) is 13.1. The van der Waals surface area contributed by atoms with Gasteiger partial charge in [-0.3, -0.25) is 4.79 Å². The predicted octanol–water partition coefficient (Wildman–Crippen LogP) is 4.22. The van der Waals surface area contributed by atoms with Crippen LogP contribution in [0.5, 0.6) is 17.2 Å². The zero-order valence-corrected chi connectivity index (χ0v) is 20.8. The number of hydrogen-bond donors (Lipinski definition) is 1. The Balaban J connectivity index is 1.32. The van der Waals surface area contributed by atoms with E-state index in [1.807, 2.05) is 24.3 Å². The summed E-state index contributed by atoms with van der Waals surface area (Å²) in [6, 6.07) is 7.45. The molecule has 2 aliphatic heterocycles. The van der Waals surface area contributed by atoms with E-state index in [4.69, 9.17) is 19.9 Å². The van der Waals surface area contributed by atoms with Gasteiger partial charge in [0.1, 0.15) is 17.2 Å². The summed E-state index contributed by atoms with van der Waals surface area (Å²) in [5.74, 6) is 1.70. The van der Waals surface area contributed by atoms with Crippen LogP contribution in [0.25, 0.3) is 11.1 Å². The van der Waals surface area contributed by atoms with Crippen LogP contribution in [-0.2, 0) is 0 Å². The Morgan fingerprint density at radius 2 is 1.40 bits per heavy atom. The smallest absolute Gasteiger partial charge is 0.196 e.